The molecule has 0 aromatic heterocycles. The second-order valence-corrected chi connectivity index (χ2v) is 7.70. The molecule has 0 saturated carbocycles. The van der Waals surface area contributed by atoms with Crippen molar-refractivity contribution in [3.8, 4) is 17.6 Å². The third-order valence-corrected chi connectivity index (χ3v) is 5.88. The lowest BCUT2D eigenvalue weighted by molar-refractivity contribution is -0.385. The highest BCUT2D eigenvalue weighted by molar-refractivity contribution is 6.07. The van der Waals surface area contributed by atoms with E-state index in [1.54, 1.807) is 30.3 Å². The number of hydrogen-bond donors (Lipinski definition) is 1. The number of allylic oxidation sites excluding steroid dienone is 1. The van der Waals surface area contributed by atoms with Gasteiger partial charge in [-0.2, -0.15) is 5.26 Å². The van der Waals surface area contributed by atoms with E-state index < -0.39 is 34.2 Å². The number of ether oxygens (including phenoxy) is 4. The Hall–Kier alpha value is -5.05. The van der Waals surface area contributed by atoms with Crippen LogP contribution in [0.25, 0.3) is 0 Å². The van der Waals surface area contributed by atoms with Crippen LogP contribution in [0, 0.1) is 28.4 Å². The zero-order chi connectivity index (χ0) is 27.4. The van der Waals surface area contributed by atoms with E-state index in [1.165, 1.54) is 21.1 Å². The van der Waals surface area contributed by atoms with Gasteiger partial charge in [0.05, 0.1) is 62.2 Å². The maximum Gasteiger partial charge on any atom is 0.355 e. The van der Waals surface area contributed by atoms with E-state index in [2.05, 4.69) is 0 Å². The minimum absolute atomic E-state index is 0.0477. The summed E-state index contributed by atoms with van der Waals surface area (Å²) >= 11 is 0. The topological polar surface area (TPSA) is 167 Å². The van der Waals surface area contributed by atoms with Gasteiger partial charge in [0.2, 0.25) is 5.75 Å². The molecule has 1 unspecified atom stereocenters. The molecule has 12 heteroatoms. The summed E-state index contributed by atoms with van der Waals surface area (Å²) in [5.74, 6) is -3.32. The van der Waals surface area contributed by atoms with E-state index >= 15 is 0 Å². The van der Waals surface area contributed by atoms with Crippen LogP contribution in [0.4, 0.5) is 11.4 Å². The van der Waals surface area contributed by atoms with Crippen molar-refractivity contribution in [2.24, 2.45) is 5.73 Å². The molecule has 1 atom stereocenters. The number of nitrogens with two attached hydrogens (primary N) is 1. The van der Waals surface area contributed by atoms with Crippen LogP contribution in [0.1, 0.15) is 17.0 Å². The van der Waals surface area contributed by atoms with Crippen molar-refractivity contribution < 1.29 is 33.5 Å². The Morgan fingerprint density at radius 2 is 1.65 bits per heavy atom. The Morgan fingerprint density at radius 1 is 1.05 bits per heavy atom. The summed E-state index contributed by atoms with van der Waals surface area (Å²) < 4.78 is 20.7. The molecule has 37 heavy (non-hydrogen) atoms. The molecule has 1 aliphatic heterocycles. The van der Waals surface area contributed by atoms with Gasteiger partial charge in [-0.15, -0.1) is 0 Å². The SMILES string of the molecule is COC(=O)C1=C(C(=O)OC)N(c2cc([N+](=O)[O-])c(OC)c(C)c2OC)C(N)=C(C#N)C1c1ccccc1. The van der Waals surface area contributed by atoms with Crippen LogP contribution in [-0.4, -0.2) is 45.3 Å². The van der Waals surface area contributed by atoms with Crippen molar-refractivity contribution in [3.05, 3.63) is 80.3 Å². The number of nitriles is 1. The van der Waals surface area contributed by atoms with E-state index in [1.807, 2.05) is 6.07 Å². The fraction of sp³-hybridized carbons (Fsp3) is 0.240. The summed E-state index contributed by atoms with van der Waals surface area (Å²) in [6, 6.07) is 11.5. The quantitative estimate of drug-likeness (QED) is 0.332. The highest BCUT2D eigenvalue weighted by Gasteiger charge is 2.44. The minimum atomic E-state index is -1.09. The number of methoxy groups -OCH3 is 4. The Bertz CT molecular complexity index is 1380. The molecule has 0 fully saturated rings. The molecule has 2 aromatic rings. The van der Waals surface area contributed by atoms with Crippen molar-refractivity contribution in [2.75, 3.05) is 33.3 Å². The second kappa shape index (κ2) is 10.7. The van der Waals surface area contributed by atoms with Crippen molar-refractivity contribution in [2.45, 2.75) is 12.8 Å². The highest BCUT2D eigenvalue weighted by Crippen LogP contribution is 2.49. The number of anilines is 1. The molecule has 0 spiro atoms. The average molecular weight is 508 g/mol. The molecular formula is C25H24N4O8. The van der Waals surface area contributed by atoms with Gasteiger partial charge in [0.1, 0.15) is 17.3 Å². The Morgan fingerprint density at radius 3 is 2.14 bits per heavy atom. The Kier molecular flexibility index (Phi) is 7.67. The first-order valence-corrected chi connectivity index (χ1v) is 10.7. The summed E-state index contributed by atoms with van der Waals surface area (Å²) in [7, 11) is 4.78. The fourth-order valence-corrected chi connectivity index (χ4v) is 4.33. The predicted octanol–water partition coefficient (Wildman–Crippen LogP) is 2.82. The predicted molar refractivity (Wildman–Crippen MR) is 130 cm³/mol. The third-order valence-electron chi connectivity index (χ3n) is 5.88. The molecule has 192 valence electrons. The second-order valence-electron chi connectivity index (χ2n) is 7.70. The third kappa shape index (κ3) is 4.38. The lowest BCUT2D eigenvalue weighted by Gasteiger charge is -2.36. The number of nitrogens with zero attached hydrogens (tertiary/aromatic N) is 3. The molecule has 0 bridgehead atoms. The van der Waals surface area contributed by atoms with Gasteiger partial charge in [0.15, 0.2) is 0 Å². The summed E-state index contributed by atoms with van der Waals surface area (Å²) in [5, 5.41) is 22.0. The van der Waals surface area contributed by atoms with Crippen LogP contribution in [0.5, 0.6) is 11.5 Å². The van der Waals surface area contributed by atoms with E-state index in [9.17, 15) is 25.0 Å². The van der Waals surface area contributed by atoms with Gasteiger partial charge in [-0.25, -0.2) is 9.59 Å². The van der Waals surface area contributed by atoms with Crippen LogP contribution >= 0.6 is 0 Å². The number of carbonyl (C=O) groups excluding carboxylic acids is 2. The fourth-order valence-electron chi connectivity index (χ4n) is 4.33. The first-order valence-electron chi connectivity index (χ1n) is 10.7. The lowest BCUT2D eigenvalue weighted by atomic mass is 9.81. The van der Waals surface area contributed by atoms with Crippen LogP contribution in [-0.2, 0) is 19.1 Å². The first-order chi connectivity index (χ1) is 17.7. The monoisotopic (exact) mass is 508 g/mol. The standard InChI is InChI=1S/C25H24N4O8/c1-13-21(34-2)16(11-17(29(32)33)22(13)35-3)28-20(25(31)37-5)19(24(30)36-4)18(15(12-26)23(28)27)14-9-7-6-8-10-14/h6-11,18H,27H2,1-5H3. The maximum atomic E-state index is 13.2. The van der Waals surface area contributed by atoms with Crippen molar-refractivity contribution in [1.29, 1.82) is 5.26 Å². The van der Waals surface area contributed by atoms with Gasteiger partial charge in [-0.05, 0) is 12.5 Å². The van der Waals surface area contributed by atoms with Crippen molar-refractivity contribution in [1.82, 2.24) is 0 Å². The highest BCUT2D eigenvalue weighted by atomic mass is 16.6. The molecule has 12 nitrogen and oxygen atoms in total. The van der Waals surface area contributed by atoms with Crippen molar-refractivity contribution >= 4 is 23.3 Å². The molecule has 0 amide bonds. The molecule has 1 aliphatic rings. The smallest absolute Gasteiger partial charge is 0.355 e. The molecule has 0 aliphatic carbocycles. The molecule has 2 aromatic carbocycles. The summed E-state index contributed by atoms with van der Waals surface area (Å²) in [6.07, 6.45) is 0. The van der Waals surface area contributed by atoms with Crippen LogP contribution in [0.2, 0.25) is 0 Å². The summed E-state index contributed by atoms with van der Waals surface area (Å²) in [4.78, 5) is 38.7. The molecule has 3 rings (SSSR count). The van der Waals surface area contributed by atoms with Crippen LogP contribution < -0.4 is 20.1 Å². The maximum absolute atomic E-state index is 13.2. The molecule has 1 heterocycles. The normalized spacial score (nSPS) is 15.1. The molecule has 0 radical (unpaired) electrons. The minimum Gasteiger partial charge on any atom is -0.494 e. The van der Waals surface area contributed by atoms with Gasteiger partial charge in [0.25, 0.3) is 0 Å². The van der Waals surface area contributed by atoms with Gasteiger partial charge >= 0.3 is 17.6 Å². The molecule has 2 N–H and O–H groups in total. The summed E-state index contributed by atoms with van der Waals surface area (Å²) in [5.41, 5.74) is 5.89. The van der Waals surface area contributed by atoms with Gasteiger partial charge in [0, 0.05) is 11.6 Å². The van der Waals surface area contributed by atoms with Gasteiger partial charge in [-0.1, -0.05) is 30.3 Å². The number of carbonyl (C=O) groups is 2. The van der Waals surface area contributed by atoms with Crippen molar-refractivity contribution in [3.63, 3.8) is 0 Å². The van der Waals surface area contributed by atoms with Crippen LogP contribution in [0.3, 0.4) is 0 Å². The Labute approximate surface area is 212 Å². The number of nitro benzene ring substituents is 1. The van der Waals surface area contributed by atoms with E-state index in [-0.39, 0.29) is 39.7 Å². The van der Waals surface area contributed by atoms with E-state index in [0.717, 1.165) is 25.2 Å². The van der Waals surface area contributed by atoms with Crippen LogP contribution in [0.15, 0.2) is 59.1 Å². The van der Waals surface area contributed by atoms with Gasteiger partial charge in [-0.3, -0.25) is 15.0 Å². The zero-order valence-corrected chi connectivity index (χ0v) is 20.7. The largest absolute Gasteiger partial charge is 0.494 e. The zero-order valence-electron chi connectivity index (χ0n) is 20.7. The molecule has 0 saturated heterocycles. The first kappa shape index (κ1) is 26.6. The Balaban J connectivity index is 2.55. The number of rotatable bonds is 7. The molecular weight excluding hydrogens is 484 g/mol. The number of benzene rings is 2. The number of esters is 2. The van der Waals surface area contributed by atoms with E-state index in [0.29, 0.717) is 5.56 Å². The summed E-state index contributed by atoms with van der Waals surface area (Å²) in [6.45, 7) is 1.51. The number of nitro groups is 1. The average Bonchev–Trinajstić information content (AvgIpc) is 2.91. The lowest BCUT2D eigenvalue weighted by Crippen LogP contribution is -2.41. The van der Waals surface area contributed by atoms with E-state index in [4.69, 9.17) is 24.7 Å². The van der Waals surface area contributed by atoms with Gasteiger partial charge < -0.3 is 24.7 Å². The number of hydrogen-bond acceptors (Lipinski definition) is 11.